The van der Waals surface area contributed by atoms with Gasteiger partial charge in [-0.2, -0.15) is 0 Å². The van der Waals surface area contributed by atoms with Crippen molar-refractivity contribution in [2.45, 2.75) is 19.4 Å². The predicted octanol–water partition coefficient (Wildman–Crippen LogP) is 1.46. The lowest BCUT2D eigenvalue weighted by molar-refractivity contribution is 0.182. The predicted molar refractivity (Wildman–Crippen MR) is 77.3 cm³/mol. The smallest absolute Gasteiger partial charge is 0.122 e. The Balaban J connectivity index is 2.05. The third kappa shape index (κ3) is 3.19. The topological polar surface area (TPSA) is 33.7 Å². The number of methoxy groups -OCH3 is 2. The molecule has 0 aromatic heterocycles. The molecule has 1 fully saturated rings. The lowest BCUT2D eigenvalue weighted by Gasteiger charge is -2.35. The van der Waals surface area contributed by atoms with Gasteiger partial charge >= 0.3 is 0 Å². The van der Waals surface area contributed by atoms with Crippen molar-refractivity contribution < 1.29 is 9.47 Å². The van der Waals surface area contributed by atoms with Crippen LogP contribution in [0.25, 0.3) is 0 Å². The molecule has 4 nitrogen and oxygen atoms in total. The SMILES string of the molecule is COc1cc(CCN(C)C2CNC2)c(OC)cc1C. The molecule has 0 atom stereocenters. The third-order valence-electron chi connectivity index (χ3n) is 3.92. The number of aryl methyl sites for hydroxylation is 1. The molecular formula is C15H24N2O2. The van der Waals surface area contributed by atoms with Crippen molar-refractivity contribution in [3.05, 3.63) is 23.3 Å². The van der Waals surface area contributed by atoms with Crippen molar-refractivity contribution in [1.29, 1.82) is 0 Å². The monoisotopic (exact) mass is 264 g/mol. The molecule has 1 aliphatic rings. The molecule has 1 N–H and O–H groups in total. The van der Waals surface area contributed by atoms with Gasteiger partial charge in [-0.1, -0.05) is 0 Å². The summed E-state index contributed by atoms with van der Waals surface area (Å²) < 4.78 is 10.9. The molecule has 0 unspecified atom stereocenters. The van der Waals surface area contributed by atoms with Crippen LogP contribution in [0.3, 0.4) is 0 Å². The van der Waals surface area contributed by atoms with E-state index < -0.39 is 0 Å². The summed E-state index contributed by atoms with van der Waals surface area (Å²) in [7, 11) is 5.62. The maximum Gasteiger partial charge on any atom is 0.122 e. The number of nitrogens with one attached hydrogen (secondary N) is 1. The largest absolute Gasteiger partial charge is 0.496 e. The number of rotatable bonds is 6. The van der Waals surface area contributed by atoms with E-state index in [1.54, 1.807) is 14.2 Å². The molecule has 4 heteroatoms. The second-order valence-electron chi connectivity index (χ2n) is 5.18. The van der Waals surface area contributed by atoms with Gasteiger partial charge in [-0.15, -0.1) is 0 Å². The Morgan fingerprint density at radius 1 is 1.21 bits per heavy atom. The second kappa shape index (κ2) is 6.26. The van der Waals surface area contributed by atoms with E-state index in [1.165, 1.54) is 5.56 Å². The van der Waals surface area contributed by atoms with Crippen molar-refractivity contribution in [2.24, 2.45) is 0 Å². The Labute approximate surface area is 115 Å². The quantitative estimate of drug-likeness (QED) is 0.843. The van der Waals surface area contributed by atoms with E-state index in [-0.39, 0.29) is 0 Å². The van der Waals surface area contributed by atoms with Gasteiger partial charge in [0.1, 0.15) is 11.5 Å². The van der Waals surface area contributed by atoms with E-state index in [4.69, 9.17) is 9.47 Å². The number of ether oxygens (including phenoxy) is 2. The van der Waals surface area contributed by atoms with Crippen molar-refractivity contribution in [3.8, 4) is 11.5 Å². The van der Waals surface area contributed by atoms with E-state index in [2.05, 4.69) is 29.4 Å². The molecule has 0 amide bonds. The Morgan fingerprint density at radius 2 is 1.89 bits per heavy atom. The summed E-state index contributed by atoms with van der Waals surface area (Å²) in [4.78, 5) is 2.41. The molecule has 1 saturated heterocycles. The minimum atomic E-state index is 0.679. The lowest BCUT2D eigenvalue weighted by atomic mass is 10.1. The molecule has 106 valence electrons. The molecule has 1 heterocycles. The molecule has 0 saturated carbocycles. The van der Waals surface area contributed by atoms with Crippen LogP contribution in [0.1, 0.15) is 11.1 Å². The van der Waals surface area contributed by atoms with Crippen LogP contribution in [-0.4, -0.2) is 51.8 Å². The fourth-order valence-electron chi connectivity index (χ4n) is 2.37. The van der Waals surface area contributed by atoms with Crippen molar-refractivity contribution in [1.82, 2.24) is 10.2 Å². The lowest BCUT2D eigenvalue weighted by Crippen LogP contribution is -2.56. The van der Waals surface area contributed by atoms with E-state index in [0.717, 1.165) is 43.1 Å². The van der Waals surface area contributed by atoms with E-state index in [1.807, 2.05) is 6.92 Å². The minimum absolute atomic E-state index is 0.679. The maximum absolute atomic E-state index is 5.47. The maximum atomic E-state index is 5.47. The standard InChI is InChI=1S/C15H24N2O2/c1-11-7-15(19-4)12(8-14(11)18-3)5-6-17(2)13-9-16-10-13/h7-8,13,16H,5-6,9-10H2,1-4H3. The highest BCUT2D eigenvalue weighted by molar-refractivity contribution is 5.46. The van der Waals surface area contributed by atoms with Crippen LogP contribution in [0.15, 0.2) is 12.1 Å². The van der Waals surface area contributed by atoms with Gasteiger partial charge in [-0.05, 0) is 43.7 Å². The van der Waals surface area contributed by atoms with Gasteiger partial charge in [0.25, 0.3) is 0 Å². The first-order chi connectivity index (χ1) is 9.15. The van der Waals surface area contributed by atoms with Crippen LogP contribution < -0.4 is 14.8 Å². The Hall–Kier alpha value is -1.26. The van der Waals surface area contributed by atoms with E-state index in [0.29, 0.717) is 6.04 Å². The third-order valence-corrected chi connectivity index (χ3v) is 3.92. The zero-order valence-corrected chi connectivity index (χ0v) is 12.3. The average Bonchev–Trinajstić information content (AvgIpc) is 2.34. The Morgan fingerprint density at radius 3 is 2.42 bits per heavy atom. The molecule has 1 aliphatic heterocycles. The van der Waals surface area contributed by atoms with E-state index in [9.17, 15) is 0 Å². The highest BCUT2D eigenvalue weighted by Crippen LogP contribution is 2.28. The number of hydrogen-bond acceptors (Lipinski definition) is 4. The van der Waals surface area contributed by atoms with Gasteiger partial charge in [0, 0.05) is 25.7 Å². The van der Waals surface area contributed by atoms with Gasteiger partial charge in [0.05, 0.1) is 14.2 Å². The van der Waals surface area contributed by atoms with Gasteiger partial charge in [-0.3, -0.25) is 0 Å². The summed E-state index contributed by atoms with van der Waals surface area (Å²) >= 11 is 0. The van der Waals surface area contributed by atoms with Crippen LogP contribution in [0.5, 0.6) is 11.5 Å². The van der Waals surface area contributed by atoms with Crippen LogP contribution in [-0.2, 0) is 6.42 Å². The molecule has 0 spiro atoms. The van der Waals surface area contributed by atoms with Gasteiger partial charge in [0.2, 0.25) is 0 Å². The first-order valence-corrected chi connectivity index (χ1v) is 6.78. The first-order valence-electron chi connectivity index (χ1n) is 6.78. The fraction of sp³-hybridized carbons (Fsp3) is 0.600. The molecule has 2 rings (SSSR count). The van der Waals surface area contributed by atoms with Crippen molar-refractivity contribution in [3.63, 3.8) is 0 Å². The molecule has 19 heavy (non-hydrogen) atoms. The Kier molecular flexibility index (Phi) is 4.66. The summed E-state index contributed by atoms with van der Waals surface area (Å²) in [5.74, 6) is 1.89. The fourth-order valence-corrected chi connectivity index (χ4v) is 2.37. The number of nitrogens with zero attached hydrogens (tertiary/aromatic N) is 1. The zero-order chi connectivity index (χ0) is 13.8. The van der Waals surface area contributed by atoms with Crippen LogP contribution in [0.2, 0.25) is 0 Å². The molecule has 0 aliphatic carbocycles. The summed E-state index contributed by atoms with van der Waals surface area (Å²) in [6.07, 6.45) is 0.979. The van der Waals surface area contributed by atoms with Crippen molar-refractivity contribution >= 4 is 0 Å². The Bertz CT molecular complexity index is 430. The molecule has 1 aromatic rings. The highest BCUT2D eigenvalue weighted by Gasteiger charge is 2.21. The van der Waals surface area contributed by atoms with Gasteiger partial charge in [-0.25, -0.2) is 0 Å². The second-order valence-corrected chi connectivity index (χ2v) is 5.18. The first kappa shape index (κ1) is 14.2. The van der Waals surface area contributed by atoms with Crippen molar-refractivity contribution in [2.75, 3.05) is 40.9 Å². The molecule has 1 aromatic carbocycles. The van der Waals surface area contributed by atoms with E-state index >= 15 is 0 Å². The number of benzene rings is 1. The minimum Gasteiger partial charge on any atom is -0.496 e. The van der Waals surface area contributed by atoms with Crippen LogP contribution in [0, 0.1) is 6.92 Å². The normalized spacial score (nSPS) is 15.4. The summed E-state index contributed by atoms with van der Waals surface area (Å²) in [5, 5.41) is 3.30. The highest BCUT2D eigenvalue weighted by atomic mass is 16.5. The summed E-state index contributed by atoms with van der Waals surface area (Å²) in [6, 6.07) is 4.83. The van der Waals surface area contributed by atoms with Gasteiger partial charge < -0.3 is 19.7 Å². The zero-order valence-electron chi connectivity index (χ0n) is 12.3. The number of likely N-dealkylation sites (N-methyl/N-ethyl adjacent to an activating group) is 1. The van der Waals surface area contributed by atoms with Gasteiger partial charge in [0.15, 0.2) is 0 Å². The van der Waals surface area contributed by atoms with Crippen LogP contribution in [0.4, 0.5) is 0 Å². The molecule has 0 bridgehead atoms. The molecule has 0 radical (unpaired) electrons. The summed E-state index contributed by atoms with van der Waals surface area (Å²) in [5.41, 5.74) is 2.32. The van der Waals surface area contributed by atoms with Crippen LogP contribution >= 0.6 is 0 Å². The number of hydrogen-bond donors (Lipinski definition) is 1. The molecular weight excluding hydrogens is 240 g/mol. The average molecular weight is 264 g/mol. The summed E-state index contributed by atoms with van der Waals surface area (Å²) in [6.45, 7) is 5.28.